The van der Waals surface area contributed by atoms with Gasteiger partial charge < -0.3 is 15.6 Å². The lowest BCUT2D eigenvalue weighted by Crippen LogP contribution is -2.45. The van der Waals surface area contributed by atoms with Gasteiger partial charge in [0, 0.05) is 6.04 Å². The van der Waals surface area contributed by atoms with Gasteiger partial charge in [0.05, 0.1) is 19.3 Å². The topological polar surface area (TPSA) is 55.5 Å². The second-order valence-corrected chi connectivity index (χ2v) is 2.55. The van der Waals surface area contributed by atoms with Gasteiger partial charge in [0.1, 0.15) is 6.17 Å². The highest BCUT2D eigenvalue weighted by atomic mass is 19.1. The van der Waals surface area contributed by atoms with Crippen LogP contribution in [-0.2, 0) is 4.74 Å². The molecule has 1 rings (SSSR count). The molecule has 3 N–H and O–H groups in total. The summed E-state index contributed by atoms with van der Waals surface area (Å²) in [5.74, 6) is 0. The van der Waals surface area contributed by atoms with Gasteiger partial charge in [0.2, 0.25) is 0 Å². The predicted molar refractivity (Wildman–Crippen MR) is 34.3 cm³/mol. The van der Waals surface area contributed by atoms with Gasteiger partial charge in [-0.3, -0.25) is 0 Å². The average molecular weight is 149 g/mol. The summed E-state index contributed by atoms with van der Waals surface area (Å²) in [5.41, 5.74) is 5.38. The number of aliphatic hydroxyl groups excluding tert-OH is 1. The van der Waals surface area contributed by atoms with Crippen LogP contribution in [-0.4, -0.2) is 36.6 Å². The van der Waals surface area contributed by atoms with Gasteiger partial charge in [-0.2, -0.15) is 0 Å². The molecule has 3 nitrogen and oxygen atoms in total. The van der Waals surface area contributed by atoms with E-state index in [1.54, 1.807) is 0 Å². The maximum atomic E-state index is 12.6. The maximum absolute atomic E-state index is 12.6. The molecule has 3 unspecified atom stereocenters. The first kappa shape index (κ1) is 7.91. The number of halogens is 1. The fourth-order valence-electron chi connectivity index (χ4n) is 0.998. The lowest BCUT2D eigenvalue weighted by Gasteiger charge is -2.28. The van der Waals surface area contributed by atoms with Gasteiger partial charge in [0.25, 0.3) is 0 Å². The fourth-order valence-corrected chi connectivity index (χ4v) is 0.998. The van der Waals surface area contributed by atoms with Crippen molar-refractivity contribution in [1.82, 2.24) is 0 Å². The Bertz CT molecular complexity index is 112. The standard InChI is InChI=1S/C6H12FNO2/c7-5-3-10-4(2-9)1-6(5)8/h4-6,9H,1-3,8H2. The highest BCUT2D eigenvalue weighted by Crippen LogP contribution is 2.14. The van der Waals surface area contributed by atoms with Crippen LogP contribution in [0.2, 0.25) is 0 Å². The Kier molecular flexibility index (Phi) is 2.59. The molecule has 0 radical (unpaired) electrons. The van der Waals surface area contributed by atoms with Crippen molar-refractivity contribution in [3.8, 4) is 0 Å². The van der Waals surface area contributed by atoms with Gasteiger partial charge >= 0.3 is 0 Å². The fraction of sp³-hybridized carbons (Fsp3) is 1.00. The Labute approximate surface area is 59.0 Å². The first-order valence-corrected chi connectivity index (χ1v) is 3.36. The Hall–Kier alpha value is -0.190. The zero-order valence-corrected chi connectivity index (χ0v) is 5.66. The van der Waals surface area contributed by atoms with Crippen LogP contribution in [0.5, 0.6) is 0 Å². The van der Waals surface area contributed by atoms with Gasteiger partial charge in [-0.15, -0.1) is 0 Å². The number of hydrogen-bond acceptors (Lipinski definition) is 3. The summed E-state index contributed by atoms with van der Waals surface area (Å²) >= 11 is 0. The van der Waals surface area contributed by atoms with E-state index in [2.05, 4.69) is 0 Å². The van der Waals surface area contributed by atoms with Crippen LogP contribution in [0.1, 0.15) is 6.42 Å². The minimum atomic E-state index is -1.07. The largest absolute Gasteiger partial charge is 0.394 e. The molecule has 0 spiro atoms. The molecule has 1 fully saturated rings. The maximum Gasteiger partial charge on any atom is 0.138 e. The van der Waals surface area contributed by atoms with Crippen molar-refractivity contribution in [2.24, 2.45) is 5.73 Å². The number of alkyl halides is 1. The van der Waals surface area contributed by atoms with Crippen LogP contribution in [0.4, 0.5) is 4.39 Å². The van der Waals surface area contributed by atoms with Crippen molar-refractivity contribution in [1.29, 1.82) is 0 Å². The van der Waals surface area contributed by atoms with E-state index in [1.165, 1.54) is 0 Å². The van der Waals surface area contributed by atoms with E-state index >= 15 is 0 Å². The van der Waals surface area contributed by atoms with Crippen LogP contribution in [0.3, 0.4) is 0 Å². The smallest absolute Gasteiger partial charge is 0.138 e. The highest BCUT2D eigenvalue weighted by Gasteiger charge is 2.27. The quantitative estimate of drug-likeness (QED) is 0.525. The Balaban J connectivity index is 2.33. The van der Waals surface area contributed by atoms with Crippen molar-refractivity contribution >= 4 is 0 Å². The number of ether oxygens (including phenoxy) is 1. The van der Waals surface area contributed by atoms with Crippen LogP contribution < -0.4 is 5.73 Å². The summed E-state index contributed by atoms with van der Waals surface area (Å²) in [6.07, 6.45) is -0.915. The zero-order valence-electron chi connectivity index (χ0n) is 5.66. The Morgan fingerprint density at radius 3 is 2.90 bits per heavy atom. The minimum absolute atomic E-state index is 0.0202. The second-order valence-electron chi connectivity index (χ2n) is 2.55. The summed E-state index contributed by atoms with van der Waals surface area (Å²) < 4.78 is 17.5. The van der Waals surface area contributed by atoms with Gasteiger partial charge in [-0.1, -0.05) is 0 Å². The summed E-state index contributed by atoms with van der Waals surface area (Å²) in [4.78, 5) is 0. The van der Waals surface area contributed by atoms with E-state index in [1.807, 2.05) is 0 Å². The average Bonchev–Trinajstić information content (AvgIpc) is 1.95. The number of aliphatic hydroxyl groups is 1. The molecule has 4 heteroatoms. The summed E-state index contributed by atoms with van der Waals surface area (Å²) in [5, 5.41) is 8.59. The van der Waals surface area contributed by atoms with Crippen LogP contribution in [0.25, 0.3) is 0 Å². The van der Waals surface area contributed by atoms with Crippen molar-refractivity contribution in [3.63, 3.8) is 0 Å². The second kappa shape index (κ2) is 3.27. The zero-order chi connectivity index (χ0) is 7.56. The van der Waals surface area contributed by atoms with Crippen molar-refractivity contribution < 1.29 is 14.2 Å². The summed E-state index contributed by atoms with van der Waals surface area (Å²) in [6.45, 7) is -0.0488. The molecule has 0 saturated carbocycles. The monoisotopic (exact) mass is 149 g/mol. The number of nitrogens with two attached hydrogens (primary N) is 1. The van der Waals surface area contributed by atoms with E-state index in [9.17, 15) is 4.39 Å². The van der Waals surface area contributed by atoms with Gasteiger partial charge in [-0.25, -0.2) is 4.39 Å². The molecule has 0 aromatic heterocycles. The molecule has 1 heterocycles. The third kappa shape index (κ3) is 1.65. The number of rotatable bonds is 1. The first-order chi connectivity index (χ1) is 4.74. The van der Waals surface area contributed by atoms with Crippen LogP contribution in [0.15, 0.2) is 0 Å². The molecule has 0 aromatic rings. The highest BCUT2D eigenvalue weighted by molar-refractivity contribution is 4.80. The molecular formula is C6H12FNO2. The third-order valence-electron chi connectivity index (χ3n) is 1.69. The molecule has 0 aromatic carbocycles. The predicted octanol–water partition coefficient (Wildman–Crippen LogP) is -0.567. The van der Waals surface area contributed by atoms with E-state index in [0.29, 0.717) is 6.42 Å². The summed E-state index contributed by atoms with van der Waals surface area (Å²) in [7, 11) is 0. The van der Waals surface area contributed by atoms with Crippen molar-refractivity contribution in [3.05, 3.63) is 0 Å². The molecule has 1 saturated heterocycles. The van der Waals surface area contributed by atoms with Crippen LogP contribution >= 0.6 is 0 Å². The number of hydrogen-bond donors (Lipinski definition) is 2. The van der Waals surface area contributed by atoms with Gasteiger partial charge in [0.15, 0.2) is 0 Å². The molecule has 0 amide bonds. The van der Waals surface area contributed by atoms with E-state index in [4.69, 9.17) is 15.6 Å². The van der Waals surface area contributed by atoms with Crippen molar-refractivity contribution in [2.75, 3.05) is 13.2 Å². The molecular weight excluding hydrogens is 137 g/mol. The van der Waals surface area contributed by atoms with E-state index < -0.39 is 12.2 Å². The van der Waals surface area contributed by atoms with E-state index in [0.717, 1.165) is 0 Å². The minimum Gasteiger partial charge on any atom is -0.394 e. The molecule has 60 valence electrons. The van der Waals surface area contributed by atoms with Crippen molar-refractivity contribution in [2.45, 2.75) is 24.7 Å². The Morgan fingerprint density at radius 1 is 1.70 bits per heavy atom. The molecule has 10 heavy (non-hydrogen) atoms. The molecule has 1 aliphatic heterocycles. The normalized spacial score (nSPS) is 41.7. The lowest BCUT2D eigenvalue weighted by atomic mass is 10.0. The van der Waals surface area contributed by atoms with E-state index in [-0.39, 0.29) is 19.3 Å². The molecule has 1 aliphatic rings. The van der Waals surface area contributed by atoms with Crippen LogP contribution in [0, 0.1) is 0 Å². The molecule has 0 bridgehead atoms. The third-order valence-corrected chi connectivity index (χ3v) is 1.69. The summed E-state index contributed by atoms with van der Waals surface area (Å²) in [6, 6.07) is -0.467. The lowest BCUT2D eigenvalue weighted by molar-refractivity contribution is -0.0589. The molecule has 0 aliphatic carbocycles. The molecule has 3 atom stereocenters. The first-order valence-electron chi connectivity index (χ1n) is 3.36. The van der Waals surface area contributed by atoms with Gasteiger partial charge in [-0.05, 0) is 6.42 Å². The SMILES string of the molecule is NC1CC(CO)OCC1F. The Morgan fingerprint density at radius 2 is 2.40 bits per heavy atom.